The summed E-state index contributed by atoms with van der Waals surface area (Å²) >= 11 is 0. The van der Waals surface area contributed by atoms with Crippen molar-refractivity contribution in [3.63, 3.8) is 0 Å². The lowest BCUT2D eigenvalue weighted by Crippen LogP contribution is -2.23. The van der Waals surface area contributed by atoms with Crippen LogP contribution in [0.5, 0.6) is 0 Å². The van der Waals surface area contributed by atoms with Crippen molar-refractivity contribution in [1.29, 1.82) is 0 Å². The molecular formula is C15H17N5O. The summed E-state index contributed by atoms with van der Waals surface area (Å²) in [7, 11) is 0. The van der Waals surface area contributed by atoms with E-state index in [0.717, 1.165) is 22.3 Å². The van der Waals surface area contributed by atoms with Gasteiger partial charge in [-0.05, 0) is 39.0 Å². The maximum atomic E-state index is 12.1. The lowest BCUT2D eigenvalue weighted by atomic mass is 10.1. The average Bonchev–Trinajstić information content (AvgIpc) is 2.84. The number of rotatable bonds is 3. The minimum absolute atomic E-state index is 0.0948. The van der Waals surface area contributed by atoms with E-state index in [9.17, 15) is 4.79 Å². The van der Waals surface area contributed by atoms with E-state index < -0.39 is 0 Å². The SMILES string of the molecule is Cc1nc(C)c(C(C)Nc2ccc3cn[nH]c3c2)c(=O)[nH]1. The molecule has 0 spiro atoms. The van der Waals surface area contributed by atoms with E-state index >= 15 is 0 Å². The number of aryl methyl sites for hydroxylation is 2. The van der Waals surface area contributed by atoms with Gasteiger partial charge in [-0.2, -0.15) is 5.10 Å². The van der Waals surface area contributed by atoms with E-state index in [1.54, 1.807) is 13.1 Å². The number of nitrogens with zero attached hydrogens (tertiary/aromatic N) is 2. The molecular weight excluding hydrogens is 266 g/mol. The van der Waals surface area contributed by atoms with Crippen molar-refractivity contribution in [2.45, 2.75) is 26.8 Å². The normalized spacial score (nSPS) is 12.5. The maximum absolute atomic E-state index is 12.1. The number of benzene rings is 1. The lowest BCUT2D eigenvalue weighted by Gasteiger charge is -2.16. The molecule has 0 aliphatic carbocycles. The molecule has 108 valence electrons. The second-order valence-corrected chi connectivity index (χ2v) is 5.19. The van der Waals surface area contributed by atoms with Gasteiger partial charge in [0.05, 0.1) is 29.0 Å². The first-order valence-electron chi connectivity index (χ1n) is 6.81. The quantitative estimate of drug-likeness (QED) is 0.689. The van der Waals surface area contributed by atoms with Crippen LogP contribution in [0.15, 0.2) is 29.2 Å². The Morgan fingerprint density at radius 2 is 2.10 bits per heavy atom. The highest BCUT2D eigenvalue weighted by atomic mass is 16.1. The fraction of sp³-hybridized carbons (Fsp3) is 0.267. The van der Waals surface area contributed by atoms with Crippen LogP contribution in [0.25, 0.3) is 10.9 Å². The monoisotopic (exact) mass is 283 g/mol. The number of anilines is 1. The largest absolute Gasteiger partial charge is 0.378 e. The molecule has 1 atom stereocenters. The van der Waals surface area contributed by atoms with E-state index in [4.69, 9.17) is 0 Å². The third kappa shape index (κ3) is 2.52. The Morgan fingerprint density at radius 1 is 1.29 bits per heavy atom. The molecule has 3 aromatic rings. The van der Waals surface area contributed by atoms with Gasteiger partial charge < -0.3 is 10.3 Å². The second-order valence-electron chi connectivity index (χ2n) is 5.19. The summed E-state index contributed by atoms with van der Waals surface area (Å²) in [6, 6.07) is 5.80. The molecule has 0 radical (unpaired) electrons. The highest BCUT2D eigenvalue weighted by molar-refractivity contribution is 5.81. The van der Waals surface area contributed by atoms with Gasteiger partial charge in [-0.1, -0.05) is 0 Å². The smallest absolute Gasteiger partial charge is 0.256 e. The summed E-state index contributed by atoms with van der Waals surface area (Å²) in [6.45, 7) is 5.59. The van der Waals surface area contributed by atoms with E-state index in [1.165, 1.54) is 0 Å². The molecule has 2 heterocycles. The van der Waals surface area contributed by atoms with E-state index in [1.807, 2.05) is 32.0 Å². The average molecular weight is 283 g/mol. The van der Waals surface area contributed by atoms with Gasteiger partial charge in [0.1, 0.15) is 5.82 Å². The van der Waals surface area contributed by atoms with Crippen LogP contribution < -0.4 is 10.9 Å². The van der Waals surface area contributed by atoms with Crippen LogP contribution >= 0.6 is 0 Å². The van der Waals surface area contributed by atoms with Crippen molar-refractivity contribution in [2.75, 3.05) is 5.32 Å². The Morgan fingerprint density at radius 3 is 2.86 bits per heavy atom. The van der Waals surface area contributed by atoms with Gasteiger partial charge in [0, 0.05) is 11.1 Å². The number of fused-ring (bicyclic) bond motifs is 1. The molecule has 1 unspecified atom stereocenters. The molecule has 0 amide bonds. The number of hydrogen-bond donors (Lipinski definition) is 3. The first-order chi connectivity index (χ1) is 10.0. The molecule has 0 bridgehead atoms. The minimum Gasteiger partial charge on any atom is -0.378 e. The zero-order valence-corrected chi connectivity index (χ0v) is 12.2. The second kappa shape index (κ2) is 5.05. The fourth-order valence-electron chi connectivity index (χ4n) is 2.59. The Labute approximate surface area is 121 Å². The predicted octanol–water partition coefficient (Wildman–Crippen LogP) is 2.44. The molecule has 21 heavy (non-hydrogen) atoms. The van der Waals surface area contributed by atoms with E-state index in [0.29, 0.717) is 11.4 Å². The Kier molecular flexibility index (Phi) is 3.21. The molecule has 0 fully saturated rings. The predicted molar refractivity (Wildman–Crippen MR) is 82.5 cm³/mol. The third-order valence-corrected chi connectivity index (χ3v) is 3.52. The standard InChI is InChI=1S/C15H17N5O/c1-8-14(15(21)19-10(3)17-8)9(2)18-12-5-4-11-7-16-20-13(11)6-12/h4-7,9,18H,1-3H3,(H,16,20)(H,17,19,21). The summed E-state index contributed by atoms with van der Waals surface area (Å²) in [5.41, 5.74) is 3.20. The van der Waals surface area contributed by atoms with Gasteiger partial charge in [-0.25, -0.2) is 4.98 Å². The van der Waals surface area contributed by atoms with Gasteiger partial charge in [-0.15, -0.1) is 0 Å². The molecule has 0 saturated heterocycles. The van der Waals surface area contributed by atoms with Crippen LogP contribution in [0.2, 0.25) is 0 Å². The summed E-state index contributed by atoms with van der Waals surface area (Å²) in [6.07, 6.45) is 1.78. The van der Waals surface area contributed by atoms with Crippen molar-refractivity contribution < 1.29 is 0 Å². The van der Waals surface area contributed by atoms with Gasteiger partial charge >= 0.3 is 0 Å². The summed E-state index contributed by atoms with van der Waals surface area (Å²) < 4.78 is 0. The number of hydrogen-bond acceptors (Lipinski definition) is 4. The van der Waals surface area contributed by atoms with Crippen molar-refractivity contribution in [3.05, 3.63) is 51.8 Å². The van der Waals surface area contributed by atoms with Crippen LogP contribution in [-0.4, -0.2) is 20.2 Å². The van der Waals surface area contributed by atoms with Gasteiger partial charge in [0.25, 0.3) is 5.56 Å². The molecule has 0 saturated carbocycles. The molecule has 1 aromatic carbocycles. The zero-order valence-electron chi connectivity index (χ0n) is 12.2. The van der Waals surface area contributed by atoms with Crippen LogP contribution in [0, 0.1) is 13.8 Å². The lowest BCUT2D eigenvalue weighted by molar-refractivity contribution is 0.814. The molecule has 2 aromatic heterocycles. The molecule has 6 nitrogen and oxygen atoms in total. The first kappa shape index (κ1) is 13.4. The summed E-state index contributed by atoms with van der Waals surface area (Å²) in [5, 5.41) is 11.3. The third-order valence-electron chi connectivity index (χ3n) is 3.52. The summed E-state index contributed by atoms with van der Waals surface area (Å²) in [5.74, 6) is 0.632. The molecule has 0 aliphatic rings. The van der Waals surface area contributed by atoms with Gasteiger partial charge in [0.15, 0.2) is 0 Å². The van der Waals surface area contributed by atoms with Crippen molar-refractivity contribution in [2.24, 2.45) is 0 Å². The van der Waals surface area contributed by atoms with Gasteiger partial charge in [0.2, 0.25) is 0 Å². The van der Waals surface area contributed by atoms with E-state index in [2.05, 4.69) is 25.5 Å². The highest BCUT2D eigenvalue weighted by Crippen LogP contribution is 2.21. The van der Waals surface area contributed by atoms with Gasteiger partial charge in [-0.3, -0.25) is 9.89 Å². The fourth-order valence-corrected chi connectivity index (χ4v) is 2.59. The number of aromatic amines is 2. The molecule has 3 rings (SSSR count). The van der Waals surface area contributed by atoms with Crippen molar-refractivity contribution in [3.8, 4) is 0 Å². The van der Waals surface area contributed by atoms with Crippen molar-refractivity contribution in [1.82, 2.24) is 20.2 Å². The Balaban J connectivity index is 1.92. The maximum Gasteiger partial charge on any atom is 0.256 e. The Hall–Kier alpha value is -2.63. The van der Waals surface area contributed by atoms with Crippen LogP contribution in [0.4, 0.5) is 5.69 Å². The number of aromatic nitrogens is 4. The Bertz CT molecular complexity index is 849. The van der Waals surface area contributed by atoms with E-state index in [-0.39, 0.29) is 11.6 Å². The van der Waals surface area contributed by atoms with Crippen LogP contribution in [0.3, 0.4) is 0 Å². The van der Waals surface area contributed by atoms with Crippen LogP contribution in [0.1, 0.15) is 30.0 Å². The zero-order chi connectivity index (χ0) is 15.0. The molecule has 3 N–H and O–H groups in total. The van der Waals surface area contributed by atoms with Crippen LogP contribution in [-0.2, 0) is 0 Å². The molecule has 6 heteroatoms. The number of H-pyrrole nitrogens is 2. The van der Waals surface area contributed by atoms with Crippen molar-refractivity contribution >= 4 is 16.6 Å². The number of nitrogens with one attached hydrogen (secondary N) is 3. The minimum atomic E-state index is -0.137. The summed E-state index contributed by atoms with van der Waals surface area (Å²) in [4.78, 5) is 19.2. The topological polar surface area (TPSA) is 86.5 Å². The first-order valence-corrected chi connectivity index (χ1v) is 6.81. The highest BCUT2D eigenvalue weighted by Gasteiger charge is 2.14. The molecule has 0 aliphatic heterocycles.